The Hall–Kier alpha value is -3.12. The molecule has 0 fully saturated rings. The van der Waals surface area contributed by atoms with Gasteiger partial charge in [-0.1, -0.05) is 24.6 Å². The van der Waals surface area contributed by atoms with Crippen molar-refractivity contribution in [2.75, 3.05) is 0 Å². The van der Waals surface area contributed by atoms with Crippen molar-refractivity contribution < 1.29 is 4.79 Å². The second-order valence-corrected chi connectivity index (χ2v) is 6.77. The van der Waals surface area contributed by atoms with Gasteiger partial charge in [-0.3, -0.25) is 4.79 Å². The maximum Gasteiger partial charge on any atom is 0.265 e. The normalized spacial score (nSPS) is 11.2. The first-order valence-corrected chi connectivity index (χ1v) is 9.02. The van der Waals surface area contributed by atoms with Crippen molar-refractivity contribution in [1.82, 2.24) is 19.6 Å². The van der Waals surface area contributed by atoms with Crippen LogP contribution in [0.4, 0.5) is 0 Å². The predicted molar refractivity (Wildman–Crippen MR) is 105 cm³/mol. The van der Waals surface area contributed by atoms with Crippen molar-refractivity contribution in [1.29, 1.82) is 0 Å². The molecular weight excluding hydrogens is 362 g/mol. The van der Waals surface area contributed by atoms with E-state index in [9.17, 15) is 4.79 Å². The summed E-state index contributed by atoms with van der Waals surface area (Å²) >= 11 is 6.18. The number of benzene rings is 1. The molecule has 0 aliphatic heterocycles. The van der Waals surface area contributed by atoms with Crippen LogP contribution < -0.4 is 5.73 Å². The van der Waals surface area contributed by atoms with E-state index in [1.54, 1.807) is 4.52 Å². The molecule has 0 spiro atoms. The molecule has 27 heavy (non-hydrogen) atoms. The minimum absolute atomic E-state index is 0.385. The number of aryl methyl sites for hydroxylation is 1. The zero-order chi connectivity index (χ0) is 19.0. The van der Waals surface area contributed by atoms with E-state index in [2.05, 4.69) is 22.0 Å². The molecule has 1 aromatic carbocycles. The number of carbonyl (C=O) groups excluding carboxylic acids is 1. The number of halogens is 1. The Morgan fingerprint density at radius 2 is 2.07 bits per heavy atom. The molecule has 4 rings (SSSR count). The minimum atomic E-state index is -0.503. The summed E-state index contributed by atoms with van der Waals surface area (Å²) in [6.07, 6.45) is 4.77. The first-order chi connectivity index (χ1) is 13.1. The number of aromatic nitrogens is 4. The van der Waals surface area contributed by atoms with Gasteiger partial charge in [0.25, 0.3) is 5.91 Å². The number of nitrogens with zero attached hydrogens (tertiary/aromatic N) is 3. The lowest BCUT2D eigenvalue weighted by atomic mass is 9.98. The molecule has 3 heterocycles. The molecule has 1 amide bonds. The van der Waals surface area contributed by atoms with Gasteiger partial charge in [-0.25, -0.2) is 9.50 Å². The number of hydrogen-bond acceptors (Lipinski definition) is 3. The molecule has 0 saturated carbocycles. The maximum atomic E-state index is 12.0. The minimum Gasteiger partial charge on any atom is -0.364 e. The number of fused-ring (bicyclic) bond motifs is 1. The Balaban J connectivity index is 1.82. The van der Waals surface area contributed by atoms with Crippen LogP contribution >= 0.6 is 11.6 Å². The number of hydrogen-bond donors (Lipinski definition) is 2. The van der Waals surface area contributed by atoms with Crippen LogP contribution in [0.25, 0.3) is 16.9 Å². The van der Waals surface area contributed by atoms with Crippen LogP contribution in [0.2, 0.25) is 5.02 Å². The van der Waals surface area contributed by atoms with Crippen molar-refractivity contribution in [2.45, 2.75) is 19.8 Å². The summed E-state index contributed by atoms with van der Waals surface area (Å²) in [5.41, 5.74) is 11.4. The summed E-state index contributed by atoms with van der Waals surface area (Å²) in [6.45, 7) is 2.09. The van der Waals surface area contributed by atoms with Crippen molar-refractivity contribution in [2.24, 2.45) is 5.73 Å². The smallest absolute Gasteiger partial charge is 0.265 e. The number of amides is 1. The number of carbonyl (C=O) groups is 1. The fourth-order valence-electron chi connectivity index (χ4n) is 3.37. The second-order valence-electron chi connectivity index (χ2n) is 6.34. The highest BCUT2D eigenvalue weighted by Crippen LogP contribution is 2.27. The van der Waals surface area contributed by atoms with Gasteiger partial charge in [-0.15, -0.1) is 0 Å². The maximum absolute atomic E-state index is 12.0. The van der Waals surface area contributed by atoms with Gasteiger partial charge < -0.3 is 10.7 Å². The average Bonchev–Trinajstić information content (AvgIpc) is 3.28. The van der Waals surface area contributed by atoms with Crippen LogP contribution in [-0.4, -0.2) is 25.5 Å². The van der Waals surface area contributed by atoms with Crippen molar-refractivity contribution in [3.8, 4) is 11.4 Å². The fraction of sp³-hybridized carbons (Fsp3) is 0.150. The van der Waals surface area contributed by atoms with Gasteiger partial charge in [0.1, 0.15) is 17.7 Å². The first-order valence-electron chi connectivity index (χ1n) is 8.64. The number of rotatable bonds is 5. The van der Waals surface area contributed by atoms with Crippen LogP contribution in [-0.2, 0) is 12.8 Å². The van der Waals surface area contributed by atoms with Crippen LogP contribution in [0.15, 0.2) is 48.9 Å². The van der Waals surface area contributed by atoms with E-state index in [-0.39, 0.29) is 0 Å². The van der Waals surface area contributed by atoms with Gasteiger partial charge >= 0.3 is 0 Å². The summed E-state index contributed by atoms with van der Waals surface area (Å²) in [5, 5.41) is 4.85. The Morgan fingerprint density at radius 1 is 1.22 bits per heavy atom. The summed E-state index contributed by atoms with van der Waals surface area (Å²) in [6, 6.07) is 11.6. The van der Waals surface area contributed by atoms with Crippen LogP contribution in [0.3, 0.4) is 0 Å². The van der Waals surface area contributed by atoms with Gasteiger partial charge in [0.2, 0.25) is 0 Å². The predicted octanol–water partition coefficient (Wildman–Crippen LogP) is 3.63. The largest absolute Gasteiger partial charge is 0.364 e. The SMILES string of the molecule is CCc1ccc(Cl)cc1Cc1cc(-c2ncnn3cccc23)[nH]c1C(N)=O. The van der Waals surface area contributed by atoms with E-state index < -0.39 is 5.91 Å². The first kappa shape index (κ1) is 17.3. The molecule has 0 atom stereocenters. The number of H-pyrrole nitrogens is 1. The molecule has 0 unspecified atom stereocenters. The third-order valence-electron chi connectivity index (χ3n) is 4.66. The van der Waals surface area contributed by atoms with Gasteiger partial charge in [-0.2, -0.15) is 5.10 Å². The summed E-state index contributed by atoms with van der Waals surface area (Å²) in [5.74, 6) is -0.503. The molecule has 3 N–H and O–H groups in total. The van der Waals surface area contributed by atoms with Crippen LogP contribution in [0, 0.1) is 0 Å². The van der Waals surface area contributed by atoms with Crippen molar-refractivity contribution in [3.05, 3.63) is 76.3 Å². The highest BCUT2D eigenvalue weighted by molar-refractivity contribution is 6.30. The van der Waals surface area contributed by atoms with Gasteiger partial charge in [-0.05, 0) is 53.4 Å². The highest BCUT2D eigenvalue weighted by atomic mass is 35.5. The molecule has 0 bridgehead atoms. The molecule has 0 aliphatic rings. The number of aromatic amines is 1. The molecule has 136 valence electrons. The number of primary amides is 1. The Bertz CT molecular complexity index is 1140. The third-order valence-corrected chi connectivity index (χ3v) is 4.90. The molecule has 3 aromatic heterocycles. The second kappa shape index (κ2) is 6.89. The van der Waals surface area contributed by atoms with E-state index >= 15 is 0 Å². The zero-order valence-electron chi connectivity index (χ0n) is 14.7. The Kier molecular flexibility index (Phi) is 4.41. The van der Waals surface area contributed by atoms with Gasteiger partial charge in [0.05, 0.1) is 11.2 Å². The molecule has 0 radical (unpaired) electrons. The van der Waals surface area contributed by atoms with Crippen molar-refractivity contribution >= 4 is 23.0 Å². The van der Waals surface area contributed by atoms with Crippen molar-refractivity contribution in [3.63, 3.8) is 0 Å². The lowest BCUT2D eigenvalue weighted by Gasteiger charge is -2.08. The molecule has 0 aliphatic carbocycles. The van der Waals surface area contributed by atoms with Crippen LogP contribution in [0.1, 0.15) is 34.1 Å². The van der Waals surface area contributed by atoms with E-state index in [1.165, 1.54) is 11.9 Å². The zero-order valence-corrected chi connectivity index (χ0v) is 15.5. The Morgan fingerprint density at radius 3 is 2.85 bits per heavy atom. The number of nitrogens with two attached hydrogens (primary N) is 1. The van der Waals surface area contributed by atoms with Crippen LogP contribution in [0.5, 0.6) is 0 Å². The molecule has 7 heteroatoms. The molecule has 0 saturated heterocycles. The highest BCUT2D eigenvalue weighted by Gasteiger charge is 2.18. The Labute approximate surface area is 161 Å². The molecule has 4 aromatic rings. The molecule has 6 nitrogen and oxygen atoms in total. The van der Waals surface area contributed by atoms with E-state index in [0.29, 0.717) is 22.8 Å². The van der Waals surface area contributed by atoms with E-state index in [4.69, 9.17) is 17.3 Å². The summed E-state index contributed by atoms with van der Waals surface area (Å²) < 4.78 is 1.74. The van der Waals surface area contributed by atoms with Gasteiger partial charge in [0.15, 0.2) is 0 Å². The monoisotopic (exact) mass is 379 g/mol. The fourth-order valence-corrected chi connectivity index (χ4v) is 3.56. The molecular formula is C20H18ClN5O. The van der Waals surface area contributed by atoms with E-state index in [0.717, 1.165) is 28.8 Å². The van der Waals surface area contributed by atoms with Gasteiger partial charge in [0, 0.05) is 17.6 Å². The lowest BCUT2D eigenvalue weighted by Crippen LogP contribution is -2.14. The summed E-state index contributed by atoms with van der Waals surface area (Å²) in [4.78, 5) is 19.5. The number of nitrogens with one attached hydrogen (secondary N) is 1. The quantitative estimate of drug-likeness (QED) is 0.554. The summed E-state index contributed by atoms with van der Waals surface area (Å²) in [7, 11) is 0. The third kappa shape index (κ3) is 3.19. The van der Waals surface area contributed by atoms with E-state index in [1.807, 2.05) is 42.6 Å². The standard InChI is InChI=1S/C20H18ClN5O/c1-2-12-5-6-15(21)9-13(12)8-14-10-16(25-18(14)20(22)27)19-17-4-3-7-26(17)24-11-23-19/h3-7,9-11,25H,2,8H2,1H3,(H2,22,27). The average molecular weight is 380 g/mol. The topological polar surface area (TPSA) is 89.1 Å². The lowest BCUT2D eigenvalue weighted by molar-refractivity contribution is 0.0995.